The third-order valence-electron chi connectivity index (χ3n) is 3.85. The summed E-state index contributed by atoms with van der Waals surface area (Å²) in [5.74, 6) is 1.60. The van der Waals surface area contributed by atoms with Crippen LogP contribution in [0, 0.1) is 5.92 Å². The smallest absolute Gasteiger partial charge is 0.226 e. The zero-order valence-corrected chi connectivity index (χ0v) is 14.6. The minimum absolute atomic E-state index is 0.0712. The second kappa shape index (κ2) is 8.34. The lowest BCUT2D eigenvalue weighted by molar-refractivity contribution is -0.121. The molecule has 0 spiro atoms. The number of amides is 1. The molecule has 0 aliphatic rings. The highest BCUT2D eigenvalue weighted by molar-refractivity contribution is 5.79. The molecule has 0 saturated heterocycles. The molecule has 1 aromatic carbocycles. The van der Waals surface area contributed by atoms with E-state index in [0.717, 1.165) is 11.3 Å². The SMILES string of the molecule is COc1ccc(C(NC(=O)Cc2ncccc2OC)C(C)C)cc1. The molecule has 0 aliphatic heterocycles. The predicted molar refractivity (Wildman–Crippen MR) is 93.2 cm³/mol. The average Bonchev–Trinajstić information content (AvgIpc) is 2.60. The van der Waals surface area contributed by atoms with E-state index in [1.807, 2.05) is 24.3 Å². The van der Waals surface area contributed by atoms with Crippen LogP contribution >= 0.6 is 0 Å². The second-order valence-corrected chi connectivity index (χ2v) is 5.89. The lowest BCUT2D eigenvalue weighted by atomic mass is 9.95. The quantitative estimate of drug-likeness (QED) is 0.848. The van der Waals surface area contributed by atoms with Gasteiger partial charge in [0, 0.05) is 6.20 Å². The van der Waals surface area contributed by atoms with Gasteiger partial charge in [0.25, 0.3) is 0 Å². The second-order valence-electron chi connectivity index (χ2n) is 5.89. The predicted octanol–water partition coefficient (Wildman–Crippen LogP) is 3.15. The number of nitrogens with one attached hydrogen (secondary N) is 1. The molecule has 1 N–H and O–H groups in total. The third-order valence-corrected chi connectivity index (χ3v) is 3.85. The standard InChI is InChI=1S/C19H24N2O3/c1-13(2)19(14-7-9-15(23-3)10-8-14)21-18(22)12-16-17(24-4)6-5-11-20-16/h5-11,13,19H,12H2,1-4H3,(H,21,22). The fourth-order valence-electron chi connectivity index (χ4n) is 2.56. The molecule has 2 aromatic rings. The molecule has 24 heavy (non-hydrogen) atoms. The summed E-state index contributed by atoms with van der Waals surface area (Å²) < 4.78 is 10.4. The van der Waals surface area contributed by atoms with Crippen molar-refractivity contribution in [3.8, 4) is 11.5 Å². The van der Waals surface area contributed by atoms with Crippen molar-refractivity contribution < 1.29 is 14.3 Å². The van der Waals surface area contributed by atoms with Crippen molar-refractivity contribution in [3.05, 3.63) is 53.9 Å². The van der Waals surface area contributed by atoms with Gasteiger partial charge in [0.2, 0.25) is 5.91 Å². The Bertz CT molecular complexity index is 669. The Morgan fingerprint density at radius 1 is 1.12 bits per heavy atom. The van der Waals surface area contributed by atoms with Gasteiger partial charge >= 0.3 is 0 Å². The van der Waals surface area contributed by atoms with E-state index in [2.05, 4.69) is 24.1 Å². The van der Waals surface area contributed by atoms with Crippen molar-refractivity contribution in [1.82, 2.24) is 10.3 Å². The molecular formula is C19H24N2O3. The number of benzene rings is 1. The number of pyridine rings is 1. The summed E-state index contributed by atoms with van der Waals surface area (Å²) in [6, 6.07) is 11.3. The van der Waals surface area contributed by atoms with Gasteiger partial charge in [-0.3, -0.25) is 9.78 Å². The van der Waals surface area contributed by atoms with E-state index >= 15 is 0 Å². The van der Waals surface area contributed by atoms with E-state index in [1.54, 1.807) is 32.5 Å². The van der Waals surface area contributed by atoms with Gasteiger partial charge in [-0.05, 0) is 35.7 Å². The van der Waals surface area contributed by atoms with Gasteiger partial charge in [0.05, 0.1) is 32.4 Å². The van der Waals surface area contributed by atoms with Crippen molar-refractivity contribution in [1.29, 1.82) is 0 Å². The Labute approximate surface area is 143 Å². The van der Waals surface area contributed by atoms with Gasteiger partial charge in [0.15, 0.2) is 0 Å². The molecule has 1 heterocycles. The number of carbonyl (C=O) groups excluding carboxylic acids is 1. The molecule has 0 aliphatic carbocycles. The van der Waals surface area contributed by atoms with Crippen LogP contribution < -0.4 is 14.8 Å². The van der Waals surface area contributed by atoms with Crippen LogP contribution in [-0.4, -0.2) is 25.1 Å². The summed E-state index contributed by atoms with van der Waals surface area (Å²) in [5, 5.41) is 3.09. The molecule has 0 radical (unpaired) electrons. The minimum Gasteiger partial charge on any atom is -0.497 e. The maximum absolute atomic E-state index is 12.5. The molecular weight excluding hydrogens is 304 g/mol. The molecule has 2 rings (SSSR count). The van der Waals surface area contributed by atoms with Gasteiger partial charge < -0.3 is 14.8 Å². The van der Waals surface area contributed by atoms with Gasteiger partial charge in [-0.15, -0.1) is 0 Å². The van der Waals surface area contributed by atoms with Crippen LogP contribution in [0.2, 0.25) is 0 Å². The van der Waals surface area contributed by atoms with Crippen LogP contribution in [0.4, 0.5) is 0 Å². The first-order valence-electron chi connectivity index (χ1n) is 7.96. The lowest BCUT2D eigenvalue weighted by Gasteiger charge is -2.23. The molecule has 0 fully saturated rings. The minimum atomic E-state index is -0.0819. The van der Waals surface area contributed by atoms with Gasteiger partial charge in [-0.25, -0.2) is 0 Å². The Kier molecular flexibility index (Phi) is 6.18. The average molecular weight is 328 g/mol. The van der Waals surface area contributed by atoms with E-state index in [0.29, 0.717) is 11.4 Å². The van der Waals surface area contributed by atoms with Crippen LogP contribution in [0.25, 0.3) is 0 Å². The van der Waals surface area contributed by atoms with Gasteiger partial charge in [-0.2, -0.15) is 0 Å². The highest BCUT2D eigenvalue weighted by Gasteiger charge is 2.19. The zero-order valence-electron chi connectivity index (χ0n) is 14.6. The number of methoxy groups -OCH3 is 2. The number of ether oxygens (including phenoxy) is 2. The van der Waals surface area contributed by atoms with Crippen molar-refractivity contribution in [3.63, 3.8) is 0 Å². The van der Waals surface area contributed by atoms with Crippen molar-refractivity contribution in [2.75, 3.05) is 14.2 Å². The molecule has 0 bridgehead atoms. The first-order chi connectivity index (χ1) is 11.5. The monoisotopic (exact) mass is 328 g/mol. The maximum atomic E-state index is 12.5. The Balaban J connectivity index is 2.10. The number of rotatable bonds is 7. The topological polar surface area (TPSA) is 60.5 Å². The lowest BCUT2D eigenvalue weighted by Crippen LogP contribution is -2.33. The molecule has 1 aromatic heterocycles. The van der Waals surface area contributed by atoms with Crippen molar-refractivity contribution >= 4 is 5.91 Å². The summed E-state index contributed by atoms with van der Waals surface area (Å²) in [6.45, 7) is 4.16. The van der Waals surface area contributed by atoms with E-state index in [-0.39, 0.29) is 24.3 Å². The summed E-state index contributed by atoms with van der Waals surface area (Å²) in [5.41, 5.74) is 1.68. The molecule has 1 amide bonds. The summed E-state index contributed by atoms with van der Waals surface area (Å²) in [7, 11) is 3.21. The summed E-state index contributed by atoms with van der Waals surface area (Å²) in [4.78, 5) is 16.7. The first-order valence-corrected chi connectivity index (χ1v) is 7.96. The van der Waals surface area contributed by atoms with Crippen molar-refractivity contribution in [2.45, 2.75) is 26.3 Å². The third kappa shape index (κ3) is 4.47. The van der Waals surface area contributed by atoms with E-state index in [9.17, 15) is 4.79 Å². The van der Waals surface area contributed by atoms with Crippen LogP contribution in [0.15, 0.2) is 42.6 Å². The van der Waals surface area contributed by atoms with Crippen LogP contribution in [-0.2, 0) is 11.2 Å². The molecule has 5 heteroatoms. The Morgan fingerprint density at radius 3 is 2.42 bits per heavy atom. The first kappa shape index (κ1) is 17.8. The number of nitrogens with zero attached hydrogens (tertiary/aromatic N) is 1. The molecule has 1 unspecified atom stereocenters. The van der Waals surface area contributed by atoms with Gasteiger partial charge in [0.1, 0.15) is 11.5 Å². The number of aromatic nitrogens is 1. The molecule has 128 valence electrons. The number of carbonyl (C=O) groups is 1. The molecule has 0 saturated carbocycles. The highest BCUT2D eigenvalue weighted by Crippen LogP contribution is 2.24. The zero-order chi connectivity index (χ0) is 17.5. The van der Waals surface area contributed by atoms with E-state index in [4.69, 9.17) is 9.47 Å². The maximum Gasteiger partial charge on any atom is 0.226 e. The van der Waals surface area contributed by atoms with Crippen LogP contribution in [0.3, 0.4) is 0 Å². The normalized spacial score (nSPS) is 11.9. The van der Waals surface area contributed by atoms with Crippen molar-refractivity contribution in [2.24, 2.45) is 5.92 Å². The Morgan fingerprint density at radius 2 is 1.83 bits per heavy atom. The Hall–Kier alpha value is -2.56. The largest absolute Gasteiger partial charge is 0.497 e. The number of hydrogen-bond acceptors (Lipinski definition) is 4. The number of hydrogen-bond donors (Lipinski definition) is 1. The van der Waals surface area contributed by atoms with Crippen LogP contribution in [0.5, 0.6) is 11.5 Å². The van der Waals surface area contributed by atoms with E-state index < -0.39 is 0 Å². The fourth-order valence-corrected chi connectivity index (χ4v) is 2.56. The van der Waals surface area contributed by atoms with Crippen LogP contribution in [0.1, 0.15) is 31.1 Å². The summed E-state index contributed by atoms with van der Waals surface area (Å²) in [6.07, 6.45) is 1.85. The molecule has 1 atom stereocenters. The summed E-state index contributed by atoms with van der Waals surface area (Å²) >= 11 is 0. The highest BCUT2D eigenvalue weighted by atomic mass is 16.5. The molecule has 5 nitrogen and oxygen atoms in total. The van der Waals surface area contributed by atoms with E-state index in [1.165, 1.54) is 0 Å². The van der Waals surface area contributed by atoms with Gasteiger partial charge in [-0.1, -0.05) is 26.0 Å². The fraction of sp³-hybridized carbons (Fsp3) is 0.368.